The van der Waals surface area contributed by atoms with Gasteiger partial charge < -0.3 is 0 Å². The standard InChI is InChI=1S/C19H22.C2H6/c1-6-19(5,17-9-7-14(2)8-10-17)18-12-15(3)11-16(4)13-18;1-2/h6-13H,1H2,2-5H3;1-2H3. The van der Waals surface area contributed by atoms with Crippen molar-refractivity contribution in [2.45, 2.75) is 47.0 Å². The second kappa shape index (κ2) is 7.26. The monoisotopic (exact) mass is 280 g/mol. The lowest BCUT2D eigenvalue weighted by atomic mass is 9.75. The van der Waals surface area contributed by atoms with Crippen molar-refractivity contribution in [3.63, 3.8) is 0 Å². The van der Waals surface area contributed by atoms with E-state index in [0.717, 1.165) is 0 Å². The van der Waals surface area contributed by atoms with Crippen LogP contribution in [-0.4, -0.2) is 0 Å². The normalized spacial score (nSPS) is 12.9. The van der Waals surface area contributed by atoms with Crippen molar-refractivity contribution in [2.24, 2.45) is 0 Å². The lowest BCUT2D eigenvalue weighted by Gasteiger charge is -2.28. The molecule has 1 unspecified atom stereocenters. The van der Waals surface area contributed by atoms with Crippen molar-refractivity contribution in [1.29, 1.82) is 0 Å². The van der Waals surface area contributed by atoms with Crippen molar-refractivity contribution in [3.8, 4) is 0 Å². The molecule has 2 aromatic rings. The van der Waals surface area contributed by atoms with Gasteiger partial charge >= 0.3 is 0 Å². The summed E-state index contributed by atoms with van der Waals surface area (Å²) in [5, 5.41) is 0. The summed E-state index contributed by atoms with van der Waals surface area (Å²) in [7, 11) is 0. The Morgan fingerprint density at radius 1 is 0.762 bits per heavy atom. The van der Waals surface area contributed by atoms with Gasteiger partial charge in [-0.15, -0.1) is 6.58 Å². The molecule has 0 fully saturated rings. The average Bonchev–Trinajstić information content (AvgIpc) is 2.48. The maximum absolute atomic E-state index is 4.07. The van der Waals surface area contributed by atoms with E-state index in [-0.39, 0.29) is 5.41 Å². The number of benzene rings is 2. The molecule has 0 spiro atoms. The zero-order valence-electron chi connectivity index (χ0n) is 14.3. The summed E-state index contributed by atoms with van der Waals surface area (Å²) in [5.74, 6) is 0. The van der Waals surface area contributed by atoms with E-state index in [1.54, 1.807) is 0 Å². The highest BCUT2D eigenvalue weighted by atomic mass is 14.3. The van der Waals surface area contributed by atoms with Gasteiger partial charge in [0.05, 0.1) is 0 Å². The summed E-state index contributed by atoms with van der Waals surface area (Å²) in [4.78, 5) is 0. The molecule has 21 heavy (non-hydrogen) atoms. The summed E-state index contributed by atoms with van der Waals surface area (Å²) >= 11 is 0. The molecule has 0 aliphatic carbocycles. The van der Waals surface area contributed by atoms with Gasteiger partial charge in [-0.3, -0.25) is 0 Å². The van der Waals surface area contributed by atoms with Crippen molar-refractivity contribution >= 4 is 0 Å². The molecule has 0 heteroatoms. The van der Waals surface area contributed by atoms with Crippen molar-refractivity contribution in [1.82, 2.24) is 0 Å². The third kappa shape index (κ3) is 3.85. The Bertz CT molecular complexity index is 570. The topological polar surface area (TPSA) is 0 Å². The van der Waals surface area contributed by atoms with Gasteiger partial charge in [0.1, 0.15) is 0 Å². The molecule has 0 aliphatic rings. The molecule has 0 amide bonds. The predicted molar refractivity (Wildman–Crippen MR) is 95.1 cm³/mol. The van der Waals surface area contributed by atoms with Gasteiger partial charge in [0.25, 0.3) is 0 Å². The number of aryl methyl sites for hydroxylation is 3. The Hall–Kier alpha value is -1.82. The molecule has 0 saturated heterocycles. The molecular weight excluding hydrogens is 252 g/mol. The van der Waals surface area contributed by atoms with Crippen LogP contribution in [-0.2, 0) is 5.41 Å². The minimum atomic E-state index is -0.134. The quantitative estimate of drug-likeness (QED) is 0.593. The number of hydrogen-bond acceptors (Lipinski definition) is 0. The number of allylic oxidation sites excluding steroid dienone is 1. The highest BCUT2D eigenvalue weighted by molar-refractivity contribution is 5.46. The maximum atomic E-state index is 4.07. The lowest BCUT2D eigenvalue weighted by Crippen LogP contribution is -2.20. The summed E-state index contributed by atoms with van der Waals surface area (Å²) in [6.07, 6.45) is 2.05. The SMILES string of the molecule is C=CC(C)(c1ccc(C)cc1)c1cc(C)cc(C)c1.CC. The Labute approximate surface area is 130 Å². The molecule has 0 nitrogen and oxygen atoms in total. The molecule has 0 heterocycles. The van der Waals surface area contributed by atoms with E-state index in [2.05, 4.69) is 76.7 Å². The fourth-order valence-electron chi connectivity index (χ4n) is 2.58. The highest BCUT2D eigenvalue weighted by Gasteiger charge is 2.25. The molecule has 0 aliphatic heterocycles. The molecule has 112 valence electrons. The van der Waals surface area contributed by atoms with Crippen LogP contribution in [0.25, 0.3) is 0 Å². The van der Waals surface area contributed by atoms with Crippen molar-refractivity contribution in [3.05, 3.63) is 82.9 Å². The number of rotatable bonds is 3. The first-order valence-corrected chi connectivity index (χ1v) is 7.75. The summed E-state index contributed by atoms with van der Waals surface area (Å²) in [6, 6.07) is 15.5. The largest absolute Gasteiger partial charge is 0.102 e. The molecule has 0 aromatic heterocycles. The fourth-order valence-corrected chi connectivity index (χ4v) is 2.58. The van der Waals surface area contributed by atoms with Crippen LogP contribution in [0.4, 0.5) is 0 Å². The van der Waals surface area contributed by atoms with E-state index >= 15 is 0 Å². The van der Waals surface area contributed by atoms with E-state index in [0.29, 0.717) is 0 Å². The first kappa shape index (κ1) is 17.2. The molecule has 0 saturated carbocycles. The third-order valence-corrected chi connectivity index (χ3v) is 3.88. The second-order valence-corrected chi connectivity index (χ2v) is 5.65. The molecule has 0 radical (unpaired) electrons. The van der Waals surface area contributed by atoms with E-state index in [1.165, 1.54) is 27.8 Å². The van der Waals surface area contributed by atoms with Crippen LogP contribution in [0.5, 0.6) is 0 Å². The minimum absolute atomic E-state index is 0.134. The van der Waals surface area contributed by atoms with Crippen LogP contribution in [0.2, 0.25) is 0 Å². The molecule has 0 bridgehead atoms. The van der Waals surface area contributed by atoms with Gasteiger partial charge in [-0.2, -0.15) is 0 Å². The summed E-state index contributed by atoms with van der Waals surface area (Å²) < 4.78 is 0. The Morgan fingerprint density at radius 2 is 1.24 bits per heavy atom. The Balaban J connectivity index is 0.00000106. The Kier molecular flexibility index (Phi) is 5.96. The van der Waals surface area contributed by atoms with E-state index in [9.17, 15) is 0 Å². The van der Waals surface area contributed by atoms with Gasteiger partial charge in [0, 0.05) is 5.41 Å². The zero-order valence-corrected chi connectivity index (χ0v) is 14.3. The van der Waals surface area contributed by atoms with Crippen LogP contribution in [0.3, 0.4) is 0 Å². The Morgan fingerprint density at radius 3 is 1.67 bits per heavy atom. The number of hydrogen-bond donors (Lipinski definition) is 0. The third-order valence-electron chi connectivity index (χ3n) is 3.88. The fraction of sp³-hybridized carbons (Fsp3) is 0.333. The van der Waals surface area contributed by atoms with Crippen LogP contribution < -0.4 is 0 Å². The zero-order chi connectivity index (χ0) is 16.0. The first-order chi connectivity index (χ1) is 9.95. The van der Waals surface area contributed by atoms with Crippen molar-refractivity contribution in [2.75, 3.05) is 0 Å². The highest BCUT2D eigenvalue weighted by Crippen LogP contribution is 2.34. The van der Waals surface area contributed by atoms with Crippen LogP contribution in [0, 0.1) is 20.8 Å². The average molecular weight is 280 g/mol. The first-order valence-electron chi connectivity index (χ1n) is 7.75. The van der Waals surface area contributed by atoms with Gasteiger partial charge in [0.15, 0.2) is 0 Å². The molecule has 1 atom stereocenters. The summed E-state index contributed by atoms with van der Waals surface area (Å²) in [5.41, 5.74) is 6.35. The second-order valence-electron chi connectivity index (χ2n) is 5.65. The van der Waals surface area contributed by atoms with E-state index in [4.69, 9.17) is 0 Å². The van der Waals surface area contributed by atoms with Crippen molar-refractivity contribution < 1.29 is 0 Å². The van der Waals surface area contributed by atoms with E-state index in [1.807, 2.05) is 19.9 Å². The smallest absolute Gasteiger partial charge is 0.0351 e. The molecular formula is C21H28. The van der Waals surface area contributed by atoms with Gasteiger partial charge in [-0.05, 0) is 38.8 Å². The van der Waals surface area contributed by atoms with Gasteiger partial charge in [0.2, 0.25) is 0 Å². The summed E-state index contributed by atoms with van der Waals surface area (Å²) in [6.45, 7) is 16.7. The van der Waals surface area contributed by atoms with Crippen LogP contribution in [0.15, 0.2) is 55.1 Å². The lowest BCUT2D eigenvalue weighted by molar-refractivity contribution is 0.723. The van der Waals surface area contributed by atoms with Gasteiger partial charge in [-0.25, -0.2) is 0 Å². The molecule has 0 N–H and O–H groups in total. The van der Waals surface area contributed by atoms with Crippen LogP contribution in [0.1, 0.15) is 48.6 Å². The molecule has 2 rings (SSSR count). The van der Waals surface area contributed by atoms with E-state index < -0.39 is 0 Å². The maximum Gasteiger partial charge on any atom is 0.0351 e. The van der Waals surface area contributed by atoms with Crippen LogP contribution >= 0.6 is 0 Å². The predicted octanol–water partition coefficient (Wildman–Crippen LogP) is 6.13. The van der Waals surface area contributed by atoms with Gasteiger partial charge in [-0.1, -0.05) is 79.1 Å². The molecule has 2 aromatic carbocycles. The minimum Gasteiger partial charge on any atom is -0.102 e.